The van der Waals surface area contributed by atoms with E-state index in [9.17, 15) is 14.7 Å². The average Bonchev–Trinajstić information content (AvgIpc) is 3.32. The quantitative estimate of drug-likeness (QED) is 0.810. The second-order valence-corrected chi connectivity index (χ2v) is 8.29. The van der Waals surface area contributed by atoms with E-state index in [0.717, 1.165) is 39.5 Å². The van der Waals surface area contributed by atoms with Crippen molar-refractivity contribution in [3.05, 3.63) is 32.3 Å². The van der Waals surface area contributed by atoms with Gasteiger partial charge < -0.3 is 14.4 Å². The lowest BCUT2D eigenvalue weighted by atomic mass is 9.97. The van der Waals surface area contributed by atoms with Crippen molar-refractivity contribution in [2.24, 2.45) is 0 Å². The summed E-state index contributed by atoms with van der Waals surface area (Å²) in [5, 5.41) is 13.4. The maximum Gasteiger partial charge on any atom is 0.332 e. The van der Waals surface area contributed by atoms with Gasteiger partial charge in [-0.15, -0.1) is 11.3 Å². The number of rotatable bonds is 6. The molecule has 3 heterocycles. The first-order chi connectivity index (χ1) is 13.0. The van der Waals surface area contributed by atoms with Gasteiger partial charge >= 0.3 is 5.97 Å². The summed E-state index contributed by atoms with van der Waals surface area (Å²) < 4.78 is 10.8. The molecule has 1 N–H and O–H groups in total. The second-order valence-electron chi connectivity index (χ2n) is 6.98. The molecule has 27 heavy (non-hydrogen) atoms. The number of aliphatic carboxylic acids is 1. The number of Topliss-reactive ketones (excluding diaryl/α,β-unsaturated/α-hetero) is 1. The molecule has 1 saturated carbocycles. The van der Waals surface area contributed by atoms with Gasteiger partial charge in [-0.05, 0) is 32.3 Å². The zero-order chi connectivity index (χ0) is 19.1. The number of hydrogen-bond donors (Lipinski definition) is 1. The fraction of sp³-hybridized carbons (Fsp3) is 0.474. The van der Waals surface area contributed by atoms with E-state index in [-0.39, 0.29) is 36.4 Å². The third kappa shape index (κ3) is 3.46. The highest BCUT2D eigenvalue weighted by molar-refractivity contribution is 7.12. The predicted molar refractivity (Wildman–Crippen MR) is 97.9 cm³/mol. The van der Waals surface area contributed by atoms with Crippen molar-refractivity contribution in [2.75, 3.05) is 13.2 Å². The lowest BCUT2D eigenvalue weighted by Gasteiger charge is -2.17. The first kappa shape index (κ1) is 18.1. The summed E-state index contributed by atoms with van der Waals surface area (Å²) in [5.74, 6) is 0.272. The first-order valence-corrected chi connectivity index (χ1v) is 9.76. The van der Waals surface area contributed by atoms with Crippen LogP contribution < -0.4 is 0 Å². The van der Waals surface area contributed by atoms with E-state index in [1.807, 2.05) is 13.8 Å². The van der Waals surface area contributed by atoms with Crippen molar-refractivity contribution in [3.8, 4) is 11.5 Å². The van der Waals surface area contributed by atoms with Gasteiger partial charge in [-0.3, -0.25) is 4.79 Å². The van der Waals surface area contributed by atoms with Crippen LogP contribution in [0.4, 0.5) is 0 Å². The van der Waals surface area contributed by atoms with Gasteiger partial charge in [-0.1, -0.05) is 5.16 Å². The molecule has 142 valence electrons. The molecule has 2 aliphatic rings. The maximum atomic E-state index is 12.8. The number of carbonyl (C=O) groups is 2. The summed E-state index contributed by atoms with van der Waals surface area (Å²) in [6.45, 7) is 4.33. The Balaban J connectivity index is 1.66. The van der Waals surface area contributed by atoms with Crippen LogP contribution in [0.3, 0.4) is 0 Å². The molecule has 0 aromatic carbocycles. The fourth-order valence-corrected chi connectivity index (χ4v) is 4.44. The van der Waals surface area contributed by atoms with Gasteiger partial charge in [-0.25, -0.2) is 4.79 Å². The molecule has 0 bridgehead atoms. The van der Waals surface area contributed by atoms with Gasteiger partial charge in [0.25, 0.3) is 5.89 Å². The molecular formula is C19H20N2O5S. The van der Waals surface area contributed by atoms with Crippen LogP contribution in [0.15, 0.2) is 15.7 Å². The van der Waals surface area contributed by atoms with Gasteiger partial charge in [-0.2, -0.15) is 4.98 Å². The van der Waals surface area contributed by atoms with Crippen LogP contribution in [0, 0.1) is 13.8 Å². The highest BCUT2D eigenvalue weighted by atomic mass is 32.1. The molecule has 0 saturated heterocycles. The molecule has 0 radical (unpaired) electrons. The molecule has 8 heteroatoms. The van der Waals surface area contributed by atoms with Crippen molar-refractivity contribution in [1.29, 1.82) is 0 Å². The number of aryl methyl sites for hydroxylation is 1. The van der Waals surface area contributed by atoms with Crippen molar-refractivity contribution < 1.29 is 24.0 Å². The van der Waals surface area contributed by atoms with E-state index in [0.29, 0.717) is 18.4 Å². The minimum atomic E-state index is -1.05. The topological polar surface area (TPSA) is 103 Å². The summed E-state index contributed by atoms with van der Waals surface area (Å²) in [6, 6.07) is 0. The molecule has 1 fully saturated rings. The number of carboxylic acids is 1. The number of hydrogen-bond acceptors (Lipinski definition) is 7. The van der Waals surface area contributed by atoms with E-state index in [1.165, 1.54) is 11.3 Å². The average molecular weight is 388 g/mol. The Hall–Kier alpha value is -2.32. The lowest BCUT2D eigenvalue weighted by Crippen LogP contribution is -2.23. The number of carboxylic acid groups (broad SMARTS) is 1. The molecule has 0 unspecified atom stereocenters. The Morgan fingerprint density at radius 3 is 2.74 bits per heavy atom. The van der Waals surface area contributed by atoms with Crippen LogP contribution >= 0.6 is 11.3 Å². The second kappa shape index (κ2) is 7.01. The van der Waals surface area contributed by atoms with Crippen LogP contribution in [0.1, 0.15) is 46.3 Å². The van der Waals surface area contributed by atoms with Crippen LogP contribution in [0.25, 0.3) is 11.5 Å². The molecule has 7 nitrogen and oxygen atoms in total. The third-order valence-electron chi connectivity index (χ3n) is 5.08. The molecule has 2 aromatic rings. The zero-order valence-corrected chi connectivity index (χ0v) is 16.0. The minimum absolute atomic E-state index is 0.0471. The Labute approximate surface area is 160 Å². The van der Waals surface area contributed by atoms with E-state index >= 15 is 0 Å². The van der Waals surface area contributed by atoms with Crippen molar-refractivity contribution in [2.45, 2.75) is 45.4 Å². The van der Waals surface area contributed by atoms with Gasteiger partial charge in [0.15, 0.2) is 11.6 Å². The van der Waals surface area contributed by atoms with Crippen LogP contribution in [-0.4, -0.2) is 40.2 Å². The summed E-state index contributed by atoms with van der Waals surface area (Å²) in [6.07, 6.45) is 2.52. The van der Waals surface area contributed by atoms with Gasteiger partial charge in [0.1, 0.15) is 0 Å². The van der Waals surface area contributed by atoms with Crippen LogP contribution in [-0.2, 0) is 20.7 Å². The van der Waals surface area contributed by atoms with E-state index < -0.39 is 5.97 Å². The Kier molecular flexibility index (Phi) is 4.69. The standard InChI is InChI=1S/C19H20N2O5S/c1-9-10(2)27-15(16(9)18-20-17(21-26-18)11-3-4-11)7-14(22)13-8-25-6-5-12(13)19(23)24/h11H,3-8H2,1-2H3,(H,23,24). The van der Waals surface area contributed by atoms with Crippen LogP contribution in [0.2, 0.25) is 0 Å². The Bertz CT molecular complexity index is 951. The smallest absolute Gasteiger partial charge is 0.332 e. The zero-order valence-electron chi connectivity index (χ0n) is 15.2. The normalized spacial score (nSPS) is 17.4. The van der Waals surface area contributed by atoms with E-state index in [1.54, 1.807) is 0 Å². The maximum absolute atomic E-state index is 12.8. The highest BCUT2D eigenvalue weighted by Gasteiger charge is 2.31. The molecular weight excluding hydrogens is 368 g/mol. The Morgan fingerprint density at radius 2 is 2.04 bits per heavy atom. The number of ether oxygens (including phenoxy) is 1. The lowest BCUT2D eigenvalue weighted by molar-refractivity contribution is -0.133. The van der Waals surface area contributed by atoms with E-state index in [4.69, 9.17) is 9.26 Å². The summed E-state index contributed by atoms with van der Waals surface area (Å²) in [4.78, 5) is 30.7. The first-order valence-electron chi connectivity index (χ1n) is 8.94. The van der Waals surface area contributed by atoms with Crippen molar-refractivity contribution >= 4 is 23.1 Å². The van der Waals surface area contributed by atoms with Gasteiger partial charge in [0.05, 0.1) is 18.8 Å². The molecule has 0 spiro atoms. The number of thiophene rings is 1. The van der Waals surface area contributed by atoms with Gasteiger partial charge in [0.2, 0.25) is 0 Å². The molecule has 0 atom stereocenters. The monoisotopic (exact) mass is 388 g/mol. The fourth-order valence-electron chi connectivity index (χ4n) is 3.27. The summed E-state index contributed by atoms with van der Waals surface area (Å²) in [5.41, 5.74) is 2.24. The Morgan fingerprint density at radius 1 is 1.26 bits per heavy atom. The molecule has 4 rings (SSSR count). The number of ketones is 1. The molecule has 1 aliphatic heterocycles. The molecule has 0 amide bonds. The molecule has 2 aromatic heterocycles. The number of aromatic nitrogens is 2. The number of carbonyl (C=O) groups excluding carboxylic acids is 1. The largest absolute Gasteiger partial charge is 0.478 e. The summed E-state index contributed by atoms with van der Waals surface area (Å²) >= 11 is 1.51. The highest BCUT2D eigenvalue weighted by Crippen LogP contribution is 2.41. The predicted octanol–water partition coefficient (Wildman–Crippen LogP) is 3.21. The number of nitrogens with zero attached hydrogens (tertiary/aromatic N) is 2. The third-order valence-corrected chi connectivity index (χ3v) is 6.29. The van der Waals surface area contributed by atoms with E-state index in [2.05, 4.69) is 10.1 Å². The van der Waals surface area contributed by atoms with Crippen molar-refractivity contribution in [1.82, 2.24) is 10.1 Å². The summed E-state index contributed by atoms with van der Waals surface area (Å²) in [7, 11) is 0. The minimum Gasteiger partial charge on any atom is -0.478 e. The van der Waals surface area contributed by atoms with Crippen molar-refractivity contribution in [3.63, 3.8) is 0 Å². The van der Waals surface area contributed by atoms with Crippen LogP contribution in [0.5, 0.6) is 0 Å². The van der Waals surface area contributed by atoms with Gasteiger partial charge in [0, 0.05) is 39.7 Å². The molecule has 1 aliphatic carbocycles. The SMILES string of the molecule is Cc1sc(CC(=O)C2=C(C(=O)O)CCOC2)c(-c2nc(C3CC3)no2)c1C.